The number of aromatic nitrogens is 1. The van der Waals surface area contributed by atoms with E-state index in [2.05, 4.69) is 15.6 Å². The molecule has 0 aliphatic heterocycles. The number of nitrogens with one attached hydrogen (secondary N) is 2. The van der Waals surface area contributed by atoms with Crippen LogP contribution in [0.3, 0.4) is 0 Å². The highest BCUT2D eigenvalue weighted by Crippen LogP contribution is 2.33. The van der Waals surface area contributed by atoms with Crippen molar-refractivity contribution < 1.29 is 9.59 Å². The van der Waals surface area contributed by atoms with Crippen molar-refractivity contribution in [3.8, 4) is 0 Å². The Labute approximate surface area is 178 Å². The summed E-state index contributed by atoms with van der Waals surface area (Å²) >= 11 is 1.57. The molecular formula is C24H19N3O2S. The second kappa shape index (κ2) is 9.24. The molecule has 0 unspecified atom stereocenters. The number of para-hydroxylation sites is 1. The molecule has 0 bridgehead atoms. The molecule has 148 valence electrons. The van der Waals surface area contributed by atoms with Crippen LogP contribution < -0.4 is 10.6 Å². The van der Waals surface area contributed by atoms with E-state index in [9.17, 15) is 9.59 Å². The van der Waals surface area contributed by atoms with Crippen molar-refractivity contribution in [2.75, 3.05) is 11.9 Å². The van der Waals surface area contributed by atoms with Gasteiger partial charge in [0.1, 0.15) is 0 Å². The number of pyridine rings is 1. The van der Waals surface area contributed by atoms with Gasteiger partial charge in [-0.25, -0.2) is 0 Å². The number of rotatable bonds is 6. The summed E-state index contributed by atoms with van der Waals surface area (Å²) in [5.41, 5.74) is 1.15. The Kier molecular flexibility index (Phi) is 6.06. The van der Waals surface area contributed by atoms with Gasteiger partial charge in [-0.2, -0.15) is 0 Å². The molecule has 0 aliphatic carbocycles. The molecule has 0 radical (unpaired) electrons. The zero-order valence-corrected chi connectivity index (χ0v) is 16.9. The van der Waals surface area contributed by atoms with Crippen LogP contribution >= 0.6 is 11.8 Å². The standard InChI is InChI=1S/C24H19N3O2S/c28-23(16-26-24(29)20-15-25-14-17-8-4-5-11-19(17)20)27-21-12-6-7-13-22(21)30-18-9-2-1-3-10-18/h1-15H,16H2,(H,26,29)(H,27,28). The predicted molar refractivity (Wildman–Crippen MR) is 120 cm³/mol. The van der Waals surface area contributed by atoms with Gasteiger partial charge in [0.05, 0.1) is 17.8 Å². The number of hydrogen-bond donors (Lipinski definition) is 2. The van der Waals surface area contributed by atoms with Gasteiger partial charge in [0.15, 0.2) is 0 Å². The van der Waals surface area contributed by atoms with Gasteiger partial charge in [0.2, 0.25) is 5.91 Å². The molecule has 1 aromatic heterocycles. The van der Waals surface area contributed by atoms with Gasteiger partial charge < -0.3 is 10.6 Å². The molecule has 0 saturated carbocycles. The smallest absolute Gasteiger partial charge is 0.253 e. The third-order valence-electron chi connectivity index (χ3n) is 4.45. The van der Waals surface area contributed by atoms with Gasteiger partial charge in [-0.15, -0.1) is 0 Å². The number of anilines is 1. The van der Waals surface area contributed by atoms with Crippen LogP contribution in [0.4, 0.5) is 5.69 Å². The summed E-state index contributed by atoms with van der Waals surface area (Å²) in [6.45, 7) is -0.133. The van der Waals surface area contributed by atoms with Gasteiger partial charge in [0.25, 0.3) is 5.91 Å². The van der Waals surface area contributed by atoms with Crippen LogP contribution in [0, 0.1) is 0 Å². The summed E-state index contributed by atoms with van der Waals surface area (Å²) in [5.74, 6) is -0.626. The van der Waals surface area contributed by atoms with Gasteiger partial charge >= 0.3 is 0 Å². The van der Waals surface area contributed by atoms with Crippen molar-refractivity contribution in [2.45, 2.75) is 9.79 Å². The van der Waals surface area contributed by atoms with E-state index in [4.69, 9.17) is 0 Å². The Morgan fingerprint density at radius 1 is 0.833 bits per heavy atom. The fraction of sp³-hybridized carbons (Fsp3) is 0.0417. The molecule has 1 heterocycles. The number of carbonyl (C=O) groups excluding carboxylic acids is 2. The summed E-state index contributed by atoms with van der Waals surface area (Å²) in [6.07, 6.45) is 3.22. The highest BCUT2D eigenvalue weighted by atomic mass is 32.2. The molecule has 0 aliphatic rings. The molecule has 0 spiro atoms. The number of hydrogen-bond acceptors (Lipinski definition) is 4. The van der Waals surface area contributed by atoms with Crippen LogP contribution in [-0.2, 0) is 4.79 Å². The minimum atomic E-state index is -0.332. The first-order chi connectivity index (χ1) is 14.7. The van der Waals surface area contributed by atoms with E-state index in [-0.39, 0.29) is 18.4 Å². The Balaban J connectivity index is 1.41. The van der Waals surface area contributed by atoms with E-state index in [1.54, 1.807) is 18.0 Å². The van der Waals surface area contributed by atoms with E-state index in [0.29, 0.717) is 11.3 Å². The number of benzene rings is 3. The summed E-state index contributed by atoms with van der Waals surface area (Å²) in [4.78, 5) is 31.2. The molecule has 0 saturated heterocycles. The van der Waals surface area contributed by atoms with Crippen molar-refractivity contribution in [2.24, 2.45) is 0 Å². The molecule has 0 atom stereocenters. The highest BCUT2D eigenvalue weighted by molar-refractivity contribution is 7.99. The van der Waals surface area contributed by atoms with E-state index in [1.807, 2.05) is 78.9 Å². The molecule has 30 heavy (non-hydrogen) atoms. The molecule has 6 heteroatoms. The molecule has 3 aromatic carbocycles. The van der Waals surface area contributed by atoms with E-state index in [0.717, 1.165) is 20.6 Å². The van der Waals surface area contributed by atoms with Crippen LogP contribution in [-0.4, -0.2) is 23.3 Å². The first-order valence-electron chi connectivity index (χ1n) is 9.43. The van der Waals surface area contributed by atoms with Crippen LogP contribution in [0.1, 0.15) is 10.4 Å². The third-order valence-corrected chi connectivity index (χ3v) is 5.54. The zero-order valence-electron chi connectivity index (χ0n) is 16.0. The van der Waals surface area contributed by atoms with Crippen LogP contribution in [0.15, 0.2) is 101 Å². The van der Waals surface area contributed by atoms with Gasteiger partial charge in [-0.05, 0) is 29.7 Å². The average molecular weight is 414 g/mol. The Hall–Kier alpha value is -3.64. The SMILES string of the molecule is O=C(CNC(=O)c1cncc2ccccc12)Nc1ccccc1Sc1ccccc1. The van der Waals surface area contributed by atoms with E-state index < -0.39 is 0 Å². The van der Waals surface area contributed by atoms with Crippen molar-refractivity contribution >= 4 is 40.0 Å². The van der Waals surface area contributed by atoms with Gasteiger partial charge in [-0.1, -0.05) is 66.4 Å². The summed E-state index contributed by atoms with van der Waals surface area (Å²) in [5, 5.41) is 7.24. The van der Waals surface area contributed by atoms with Crippen molar-refractivity contribution in [1.29, 1.82) is 0 Å². The van der Waals surface area contributed by atoms with Crippen LogP contribution in [0.5, 0.6) is 0 Å². The minimum absolute atomic E-state index is 0.133. The monoisotopic (exact) mass is 413 g/mol. The normalized spacial score (nSPS) is 10.5. The maximum atomic E-state index is 12.6. The number of amides is 2. The van der Waals surface area contributed by atoms with Crippen molar-refractivity contribution in [1.82, 2.24) is 10.3 Å². The fourth-order valence-corrected chi connectivity index (χ4v) is 3.94. The second-order valence-corrected chi connectivity index (χ2v) is 7.67. The number of nitrogens with zero attached hydrogens (tertiary/aromatic N) is 1. The predicted octanol–water partition coefficient (Wildman–Crippen LogP) is 4.75. The lowest BCUT2D eigenvalue weighted by Gasteiger charge is -2.12. The fourth-order valence-electron chi connectivity index (χ4n) is 3.02. The molecule has 2 N–H and O–H groups in total. The topological polar surface area (TPSA) is 71.1 Å². The average Bonchev–Trinajstić information content (AvgIpc) is 2.79. The van der Waals surface area contributed by atoms with Crippen molar-refractivity contribution in [3.63, 3.8) is 0 Å². The number of carbonyl (C=O) groups is 2. The minimum Gasteiger partial charge on any atom is -0.343 e. The zero-order chi connectivity index (χ0) is 20.8. The number of fused-ring (bicyclic) bond motifs is 1. The lowest BCUT2D eigenvalue weighted by atomic mass is 10.1. The molecule has 4 aromatic rings. The molecule has 4 rings (SSSR count). The maximum Gasteiger partial charge on any atom is 0.253 e. The van der Waals surface area contributed by atoms with Crippen LogP contribution in [0.2, 0.25) is 0 Å². The van der Waals surface area contributed by atoms with Gasteiger partial charge in [0, 0.05) is 27.6 Å². The second-order valence-electron chi connectivity index (χ2n) is 6.55. The van der Waals surface area contributed by atoms with Crippen molar-refractivity contribution in [3.05, 3.63) is 96.8 Å². The maximum absolute atomic E-state index is 12.6. The largest absolute Gasteiger partial charge is 0.343 e. The lowest BCUT2D eigenvalue weighted by molar-refractivity contribution is -0.115. The molecule has 2 amide bonds. The Morgan fingerprint density at radius 3 is 2.43 bits per heavy atom. The first kappa shape index (κ1) is 19.7. The van der Waals surface area contributed by atoms with Crippen LogP contribution in [0.25, 0.3) is 10.8 Å². The summed E-state index contributed by atoms with van der Waals surface area (Å²) in [7, 11) is 0. The summed E-state index contributed by atoms with van der Waals surface area (Å²) in [6, 6.07) is 25.1. The lowest BCUT2D eigenvalue weighted by Crippen LogP contribution is -2.33. The molecule has 0 fully saturated rings. The van der Waals surface area contributed by atoms with E-state index >= 15 is 0 Å². The first-order valence-corrected chi connectivity index (χ1v) is 10.2. The molecule has 5 nitrogen and oxygen atoms in total. The Morgan fingerprint density at radius 2 is 1.57 bits per heavy atom. The van der Waals surface area contributed by atoms with Gasteiger partial charge in [-0.3, -0.25) is 14.6 Å². The Bertz CT molecular complexity index is 1190. The molecular weight excluding hydrogens is 394 g/mol. The summed E-state index contributed by atoms with van der Waals surface area (Å²) < 4.78 is 0. The highest BCUT2D eigenvalue weighted by Gasteiger charge is 2.13. The third kappa shape index (κ3) is 4.67. The van der Waals surface area contributed by atoms with E-state index in [1.165, 1.54) is 6.20 Å². The quantitative estimate of drug-likeness (QED) is 0.478.